The average molecular weight is 545 g/mol. The molecule has 0 aliphatic heterocycles. The van der Waals surface area contributed by atoms with Gasteiger partial charge in [-0.1, -0.05) is 0 Å². The summed E-state index contributed by atoms with van der Waals surface area (Å²) in [4.78, 5) is 42.8. The zero-order chi connectivity index (χ0) is 25.3. The molecule has 12 nitrogen and oxygen atoms in total. The Morgan fingerprint density at radius 1 is 1.03 bits per heavy atom. The van der Waals surface area contributed by atoms with Gasteiger partial charge in [-0.05, 0) is 56.2 Å². The fourth-order valence-corrected chi connectivity index (χ4v) is 3.74. The Bertz CT molecular complexity index is 1520. The number of phosphoric acid groups is 1. The summed E-state index contributed by atoms with van der Waals surface area (Å²) in [6.45, 7) is 4.70. The van der Waals surface area contributed by atoms with Crippen LogP contribution in [0.1, 0.15) is 16.7 Å². The van der Waals surface area contributed by atoms with E-state index in [0.29, 0.717) is 28.8 Å². The third-order valence-corrected chi connectivity index (χ3v) is 5.51. The molecule has 0 saturated heterocycles. The van der Waals surface area contributed by atoms with Gasteiger partial charge in [0.25, 0.3) is 0 Å². The number of phosphoric ester groups is 1. The van der Waals surface area contributed by atoms with E-state index in [1.165, 1.54) is 0 Å². The van der Waals surface area contributed by atoms with Crippen LogP contribution in [0.3, 0.4) is 0 Å². The molecule has 15 heteroatoms. The number of aromatic nitrogens is 3. The first-order valence-corrected chi connectivity index (χ1v) is 11.8. The van der Waals surface area contributed by atoms with E-state index in [9.17, 15) is 19.1 Å². The second kappa shape index (κ2) is 12.9. The molecule has 37 heavy (non-hydrogen) atoms. The Balaban J connectivity index is 0.00000241. The molecule has 2 aromatic heterocycles. The second-order valence-corrected chi connectivity index (χ2v) is 9.01. The zero-order valence-electron chi connectivity index (χ0n) is 21.3. The molecule has 0 atom stereocenters. The van der Waals surface area contributed by atoms with Gasteiger partial charge in [0.05, 0.1) is 20.4 Å². The van der Waals surface area contributed by atoms with Crippen LogP contribution in [0.2, 0.25) is 0 Å². The maximum atomic E-state index is 12.2. The number of ether oxygens (including phenoxy) is 1. The van der Waals surface area contributed by atoms with Crippen LogP contribution in [-0.4, -0.2) is 21.6 Å². The Morgan fingerprint density at radius 3 is 2.41 bits per heavy atom. The van der Waals surface area contributed by atoms with Crippen molar-refractivity contribution in [1.82, 2.24) is 14.5 Å². The third-order valence-electron chi connectivity index (χ3n) is 5.08. The largest absolute Gasteiger partial charge is 1.00 e. The number of oxazole rings is 1. The molecule has 0 aliphatic carbocycles. The van der Waals surface area contributed by atoms with Crippen LogP contribution in [-0.2, 0) is 15.8 Å². The van der Waals surface area contributed by atoms with Crippen LogP contribution in [0, 0.1) is 20.8 Å². The predicted molar refractivity (Wildman–Crippen MR) is 125 cm³/mol. The van der Waals surface area contributed by atoms with Gasteiger partial charge >= 0.3 is 64.9 Å². The van der Waals surface area contributed by atoms with Crippen molar-refractivity contribution < 1.29 is 87.1 Å². The molecule has 2 heterocycles. The van der Waals surface area contributed by atoms with Gasteiger partial charge in [0.2, 0.25) is 5.95 Å². The first kappa shape index (κ1) is 31.5. The van der Waals surface area contributed by atoms with E-state index in [1.807, 2.05) is 32.0 Å². The Kier molecular flexibility index (Phi) is 11.0. The minimum atomic E-state index is -5.28. The predicted octanol–water partition coefficient (Wildman–Crippen LogP) is -3.38. The van der Waals surface area contributed by atoms with Crippen LogP contribution in [0.15, 0.2) is 45.7 Å². The normalized spacial score (nSPS) is 11.0. The van der Waals surface area contributed by atoms with Crippen LogP contribution >= 0.6 is 7.82 Å². The number of hydrogen-bond donors (Lipinski definition) is 2. The first-order chi connectivity index (χ1) is 16.5. The van der Waals surface area contributed by atoms with Gasteiger partial charge < -0.3 is 38.7 Å². The van der Waals surface area contributed by atoms with Crippen molar-refractivity contribution in [2.24, 2.45) is 0 Å². The van der Waals surface area contributed by atoms with Crippen LogP contribution < -0.4 is 90.0 Å². The number of aryl methyl sites for hydroxylation is 3. The van der Waals surface area contributed by atoms with Crippen molar-refractivity contribution in [2.45, 2.75) is 27.5 Å². The molecule has 0 fully saturated rings. The zero-order valence-corrected chi connectivity index (χ0v) is 26.2. The molecule has 4 aromatic rings. The topological polar surface area (TPSA) is 167 Å². The van der Waals surface area contributed by atoms with Crippen LogP contribution in [0.5, 0.6) is 5.75 Å². The van der Waals surface area contributed by atoms with Gasteiger partial charge in [-0.15, -0.1) is 0 Å². The SMILES string of the molecule is COc1cc(C)cc(Nc2ncc(C)c(Nc3cc(C)c4oc(=O)n(COP(=O)([O-])[O-])c4c3)n2)c1.[Na+].[Na+]. The standard InChI is InChI=1S/C22H24N5O7P.2Na/c1-12-5-15(8-17(6-12)32-4)25-21-23-10-14(3)20(26-21)24-16-7-13(2)19-18(9-16)27(22(28)34-19)11-33-35(29,30)31;;/h5-10H,11H2,1-4H3,(H2,29,30,31)(H2,23,24,25,26);;/q;2*+1/p-2. The van der Waals surface area contributed by atoms with Gasteiger partial charge in [-0.3, -0.25) is 0 Å². The maximum Gasteiger partial charge on any atom is 1.00 e. The van der Waals surface area contributed by atoms with E-state index in [1.54, 1.807) is 32.4 Å². The molecule has 0 radical (unpaired) electrons. The first-order valence-electron chi connectivity index (χ1n) is 10.4. The van der Waals surface area contributed by atoms with E-state index in [2.05, 4.69) is 25.1 Å². The maximum absolute atomic E-state index is 12.2. The number of fused-ring (bicyclic) bond motifs is 1. The number of rotatable bonds is 8. The van der Waals surface area contributed by atoms with Crippen molar-refractivity contribution >= 4 is 42.1 Å². The van der Waals surface area contributed by atoms with Crippen LogP contribution in [0.25, 0.3) is 11.1 Å². The fraction of sp³-hybridized carbons (Fsp3) is 0.227. The summed E-state index contributed by atoms with van der Waals surface area (Å²) in [5, 5.41) is 6.33. The van der Waals surface area contributed by atoms with Crippen molar-refractivity contribution in [3.05, 3.63) is 63.8 Å². The van der Waals surface area contributed by atoms with Gasteiger partial charge in [-0.25, -0.2) is 14.3 Å². The van der Waals surface area contributed by atoms with Gasteiger partial charge in [0.15, 0.2) is 5.58 Å². The third kappa shape index (κ3) is 7.90. The summed E-state index contributed by atoms with van der Waals surface area (Å²) >= 11 is 0. The molecule has 2 aromatic carbocycles. The number of nitrogens with one attached hydrogen (secondary N) is 2. The Labute approximate surface area is 256 Å². The van der Waals surface area contributed by atoms with Crippen molar-refractivity contribution in [2.75, 3.05) is 17.7 Å². The van der Waals surface area contributed by atoms with Gasteiger partial charge in [0.1, 0.15) is 18.3 Å². The molecule has 2 N–H and O–H groups in total. The number of hydrogen-bond acceptors (Lipinski definition) is 11. The van der Waals surface area contributed by atoms with E-state index < -0.39 is 20.3 Å². The Morgan fingerprint density at radius 2 is 1.73 bits per heavy atom. The molecule has 0 aliphatic rings. The van der Waals surface area contributed by atoms with E-state index in [4.69, 9.17) is 9.15 Å². The second-order valence-electron chi connectivity index (χ2n) is 7.86. The van der Waals surface area contributed by atoms with Crippen molar-refractivity contribution in [1.29, 1.82) is 0 Å². The monoisotopic (exact) mass is 545 g/mol. The van der Waals surface area contributed by atoms with E-state index in [-0.39, 0.29) is 70.2 Å². The summed E-state index contributed by atoms with van der Waals surface area (Å²) in [7, 11) is -3.69. The molecule has 0 amide bonds. The van der Waals surface area contributed by atoms with Gasteiger partial charge in [-0.2, -0.15) is 4.98 Å². The molecule has 0 saturated carbocycles. The van der Waals surface area contributed by atoms with E-state index >= 15 is 0 Å². The number of benzene rings is 2. The summed E-state index contributed by atoms with van der Waals surface area (Å²) in [5.41, 5.74) is 4.15. The summed E-state index contributed by atoms with van der Waals surface area (Å²) in [5.74, 6) is 0.686. The molecular formula is C22H22N5Na2O7P. The summed E-state index contributed by atoms with van der Waals surface area (Å²) < 4.78 is 26.6. The molecule has 0 spiro atoms. The molecule has 4 rings (SSSR count). The summed E-state index contributed by atoms with van der Waals surface area (Å²) in [6, 6.07) is 8.96. The molecule has 0 bridgehead atoms. The molecule has 184 valence electrons. The number of anilines is 4. The average Bonchev–Trinajstić information content (AvgIpc) is 3.09. The van der Waals surface area contributed by atoms with E-state index in [0.717, 1.165) is 21.4 Å². The molecule has 0 unspecified atom stereocenters. The summed E-state index contributed by atoms with van der Waals surface area (Å²) in [6.07, 6.45) is 1.65. The van der Waals surface area contributed by atoms with Gasteiger partial charge in [0, 0.05) is 29.2 Å². The number of methoxy groups -OCH3 is 1. The Hall–Kier alpha value is -1.70. The fourth-order valence-electron chi connectivity index (χ4n) is 3.48. The quantitative estimate of drug-likeness (QED) is 0.168. The number of nitrogens with zero attached hydrogens (tertiary/aromatic N) is 3. The minimum absolute atomic E-state index is 0. The van der Waals surface area contributed by atoms with Crippen molar-refractivity contribution in [3.63, 3.8) is 0 Å². The smallest absolute Gasteiger partial charge is 0.790 e. The van der Waals surface area contributed by atoms with Crippen molar-refractivity contribution in [3.8, 4) is 5.75 Å². The molecular weight excluding hydrogens is 523 g/mol. The minimum Gasteiger partial charge on any atom is -0.790 e. The van der Waals surface area contributed by atoms with Crippen LogP contribution in [0.4, 0.5) is 23.1 Å².